The lowest BCUT2D eigenvalue weighted by Crippen LogP contribution is -2.34. The molecule has 0 rings (SSSR count). The Bertz CT molecular complexity index is 114. The highest BCUT2D eigenvalue weighted by Gasteiger charge is 2.00. The van der Waals surface area contributed by atoms with Crippen LogP contribution in [0.5, 0.6) is 0 Å². The van der Waals surface area contributed by atoms with Crippen molar-refractivity contribution in [3.8, 4) is 0 Å². The monoisotopic (exact) mass is 173 g/mol. The predicted molar refractivity (Wildman–Crippen MR) is 52.3 cm³/mol. The zero-order valence-electron chi connectivity index (χ0n) is 7.37. The lowest BCUT2D eigenvalue weighted by atomic mass is 10.3. The third-order valence-electron chi connectivity index (χ3n) is 1.39. The summed E-state index contributed by atoms with van der Waals surface area (Å²) < 4.78 is 0. The first-order chi connectivity index (χ1) is 5.85. The van der Waals surface area contributed by atoms with E-state index in [1.165, 1.54) is 0 Å². The second kappa shape index (κ2) is 8.61. The Hall–Kier alpha value is -0.490. The minimum absolute atomic E-state index is 0.125. The van der Waals surface area contributed by atoms with Crippen molar-refractivity contribution in [2.75, 3.05) is 32.7 Å². The van der Waals surface area contributed by atoms with Crippen molar-refractivity contribution >= 4 is 6.21 Å². The first-order valence-electron chi connectivity index (χ1n) is 4.17. The molecule has 0 aliphatic heterocycles. The van der Waals surface area contributed by atoms with Crippen LogP contribution >= 0.6 is 0 Å². The molecule has 0 aliphatic carbocycles. The molecule has 5 nitrogen and oxygen atoms in total. The molecule has 0 aromatic rings. The Morgan fingerprint density at radius 3 is 2.58 bits per heavy atom. The second-order valence-corrected chi connectivity index (χ2v) is 2.45. The Kier molecular flexibility index (Phi) is 8.25. The third kappa shape index (κ3) is 6.23. The van der Waals surface area contributed by atoms with Crippen molar-refractivity contribution < 1.29 is 0 Å². The van der Waals surface area contributed by atoms with Crippen LogP contribution in [0.15, 0.2) is 4.99 Å². The summed E-state index contributed by atoms with van der Waals surface area (Å²) in [5.41, 5.74) is 16.0. The van der Waals surface area contributed by atoms with E-state index in [1.807, 2.05) is 0 Å². The number of hydrogen-bond donors (Lipinski definition) is 4. The number of rotatable bonds is 7. The molecule has 0 bridgehead atoms. The van der Waals surface area contributed by atoms with Gasteiger partial charge in [-0.15, -0.1) is 0 Å². The molecule has 0 saturated heterocycles. The van der Waals surface area contributed by atoms with Crippen molar-refractivity contribution in [1.29, 1.82) is 0 Å². The summed E-state index contributed by atoms with van der Waals surface area (Å²) in [6.07, 6.45) is 1.68. The zero-order chi connectivity index (χ0) is 9.23. The average Bonchev–Trinajstić information content (AvgIpc) is 2.11. The lowest BCUT2D eigenvalue weighted by molar-refractivity contribution is 0.589. The number of hydrogen-bond acceptors (Lipinski definition) is 5. The first kappa shape index (κ1) is 11.5. The van der Waals surface area contributed by atoms with Crippen molar-refractivity contribution in [1.82, 2.24) is 5.32 Å². The van der Waals surface area contributed by atoms with Gasteiger partial charge in [-0.05, 0) is 0 Å². The van der Waals surface area contributed by atoms with Crippen LogP contribution in [0.25, 0.3) is 0 Å². The molecule has 5 heteroatoms. The molecular weight excluding hydrogens is 154 g/mol. The van der Waals surface area contributed by atoms with Crippen LogP contribution in [0.4, 0.5) is 0 Å². The molecule has 0 amide bonds. The molecule has 0 aromatic heterocycles. The summed E-state index contributed by atoms with van der Waals surface area (Å²) in [5, 5.41) is 3.14. The SMILES string of the molecule is NCC=N[C@H](CN)CNCCN. The Morgan fingerprint density at radius 2 is 2.08 bits per heavy atom. The third-order valence-corrected chi connectivity index (χ3v) is 1.39. The minimum Gasteiger partial charge on any atom is -0.329 e. The van der Waals surface area contributed by atoms with Gasteiger partial charge in [-0.1, -0.05) is 0 Å². The summed E-state index contributed by atoms with van der Waals surface area (Å²) >= 11 is 0. The van der Waals surface area contributed by atoms with Crippen LogP contribution in [0.3, 0.4) is 0 Å². The molecule has 0 unspecified atom stereocenters. The molecule has 0 saturated carbocycles. The van der Waals surface area contributed by atoms with Gasteiger partial charge in [0.25, 0.3) is 0 Å². The maximum atomic E-state index is 5.47. The van der Waals surface area contributed by atoms with E-state index in [0.717, 1.165) is 13.1 Å². The van der Waals surface area contributed by atoms with Crippen LogP contribution in [0.2, 0.25) is 0 Å². The van der Waals surface area contributed by atoms with E-state index in [1.54, 1.807) is 6.21 Å². The van der Waals surface area contributed by atoms with E-state index >= 15 is 0 Å². The molecule has 0 aliphatic rings. The normalized spacial score (nSPS) is 13.9. The molecule has 0 heterocycles. The van der Waals surface area contributed by atoms with Crippen LogP contribution in [-0.4, -0.2) is 45.0 Å². The highest BCUT2D eigenvalue weighted by atomic mass is 14.9. The highest BCUT2D eigenvalue weighted by molar-refractivity contribution is 5.59. The van der Waals surface area contributed by atoms with Gasteiger partial charge < -0.3 is 22.5 Å². The standard InChI is InChI=1S/C7H19N5/c8-1-3-11-6-7(5-10)12-4-2-9/h4,7,11H,1-3,5-6,8-10H2/t7-/m1/s1. The largest absolute Gasteiger partial charge is 0.329 e. The van der Waals surface area contributed by atoms with Gasteiger partial charge >= 0.3 is 0 Å². The average molecular weight is 173 g/mol. The summed E-state index contributed by atoms with van der Waals surface area (Å²) in [5.74, 6) is 0. The topological polar surface area (TPSA) is 102 Å². The van der Waals surface area contributed by atoms with Crippen LogP contribution < -0.4 is 22.5 Å². The van der Waals surface area contributed by atoms with Gasteiger partial charge in [-0.25, -0.2) is 0 Å². The van der Waals surface area contributed by atoms with Gasteiger partial charge in [0, 0.05) is 38.9 Å². The van der Waals surface area contributed by atoms with Crippen LogP contribution in [0.1, 0.15) is 0 Å². The summed E-state index contributed by atoms with van der Waals surface area (Å²) in [4.78, 5) is 4.15. The fourth-order valence-corrected chi connectivity index (χ4v) is 0.778. The predicted octanol–water partition coefficient (Wildman–Crippen LogP) is -2.11. The molecule has 0 spiro atoms. The van der Waals surface area contributed by atoms with Crippen molar-refractivity contribution in [2.24, 2.45) is 22.2 Å². The molecular formula is C7H19N5. The lowest BCUT2D eigenvalue weighted by Gasteiger charge is -2.09. The Morgan fingerprint density at radius 1 is 1.33 bits per heavy atom. The van der Waals surface area contributed by atoms with Gasteiger partial charge in [-0.2, -0.15) is 0 Å². The van der Waals surface area contributed by atoms with Gasteiger partial charge in [0.15, 0.2) is 0 Å². The quantitative estimate of drug-likeness (QED) is 0.261. The van der Waals surface area contributed by atoms with Crippen LogP contribution in [-0.2, 0) is 0 Å². The van der Waals surface area contributed by atoms with Crippen molar-refractivity contribution in [3.63, 3.8) is 0 Å². The van der Waals surface area contributed by atoms with Crippen LogP contribution in [0, 0.1) is 0 Å². The van der Waals surface area contributed by atoms with E-state index < -0.39 is 0 Å². The maximum absolute atomic E-state index is 5.47. The summed E-state index contributed by atoms with van der Waals surface area (Å²) in [6.45, 7) is 3.21. The summed E-state index contributed by atoms with van der Waals surface area (Å²) in [7, 11) is 0. The van der Waals surface area contributed by atoms with E-state index in [4.69, 9.17) is 17.2 Å². The Labute approximate surface area is 73.4 Å². The maximum Gasteiger partial charge on any atom is 0.0742 e. The number of aliphatic imine (C=N–C) groups is 1. The molecule has 0 fully saturated rings. The molecule has 1 atom stereocenters. The molecule has 72 valence electrons. The molecule has 0 aromatic carbocycles. The first-order valence-corrected chi connectivity index (χ1v) is 4.17. The van der Waals surface area contributed by atoms with Gasteiger partial charge in [0.2, 0.25) is 0 Å². The Balaban J connectivity index is 3.46. The smallest absolute Gasteiger partial charge is 0.0742 e. The van der Waals surface area contributed by atoms with E-state index in [-0.39, 0.29) is 6.04 Å². The van der Waals surface area contributed by atoms with E-state index in [9.17, 15) is 0 Å². The summed E-state index contributed by atoms with van der Waals surface area (Å²) in [6, 6.07) is 0.125. The van der Waals surface area contributed by atoms with E-state index in [0.29, 0.717) is 19.6 Å². The fourth-order valence-electron chi connectivity index (χ4n) is 0.778. The highest BCUT2D eigenvalue weighted by Crippen LogP contribution is 1.83. The number of nitrogens with two attached hydrogens (primary N) is 3. The van der Waals surface area contributed by atoms with Gasteiger partial charge in [-0.3, -0.25) is 4.99 Å². The zero-order valence-corrected chi connectivity index (χ0v) is 7.37. The fraction of sp³-hybridized carbons (Fsp3) is 0.857. The molecule has 7 N–H and O–H groups in total. The second-order valence-electron chi connectivity index (χ2n) is 2.45. The minimum atomic E-state index is 0.125. The van der Waals surface area contributed by atoms with Gasteiger partial charge in [0.1, 0.15) is 0 Å². The van der Waals surface area contributed by atoms with Crippen molar-refractivity contribution in [3.05, 3.63) is 0 Å². The molecule has 12 heavy (non-hydrogen) atoms. The number of nitrogens with zero attached hydrogens (tertiary/aromatic N) is 1. The van der Waals surface area contributed by atoms with Crippen molar-refractivity contribution in [2.45, 2.75) is 6.04 Å². The van der Waals surface area contributed by atoms with E-state index in [2.05, 4.69) is 10.3 Å². The number of nitrogens with one attached hydrogen (secondary N) is 1. The molecule has 0 radical (unpaired) electrons. The van der Waals surface area contributed by atoms with Gasteiger partial charge in [0.05, 0.1) is 6.04 Å².